The van der Waals surface area contributed by atoms with E-state index in [2.05, 4.69) is 0 Å². The smallest absolute Gasteiger partial charge is 0.146 e. The molecular weight excluding hydrogens is 190 g/mol. The first-order valence-electron chi connectivity index (χ1n) is 2.72. The van der Waals surface area contributed by atoms with Crippen LogP contribution in [-0.4, -0.2) is 0 Å². The average molecular weight is 195 g/mol. The predicted molar refractivity (Wildman–Crippen MR) is 45.2 cm³/mol. The molecule has 0 aliphatic carbocycles. The summed E-state index contributed by atoms with van der Waals surface area (Å²) in [5, 5.41) is -0.0967. The molecule has 5 heteroatoms. The molecule has 0 atom stereocenters. The summed E-state index contributed by atoms with van der Waals surface area (Å²) >= 11 is 11.0. The highest BCUT2D eigenvalue weighted by Crippen LogP contribution is 2.34. The summed E-state index contributed by atoms with van der Waals surface area (Å²) in [5.74, 6) is -0.661. The highest BCUT2D eigenvalue weighted by molar-refractivity contribution is 6.40. The molecule has 0 unspecified atom stereocenters. The maximum atomic E-state index is 12.7. The van der Waals surface area contributed by atoms with Crippen molar-refractivity contribution in [2.75, 3.05) is 11.5 Å². The number of rotatable bonds is 0. The second kappa shape index (κ2) is 2.75. The van der Waals surface area contributed by atoms with Crippen molar-refractivity contribution >= 4 is 34.6 Å². The number of hydrogen-bond donors (Lipinski definition) is 2. The van der Waals surface area contributed by atoms with E-state index in [1.807, 2.05) is 0 Å². The number of nitrogens with two attached hydrogens (primary N) is 2. The van der Waals surface area contributed by atoms with E-state index in [4.69, 9.17) is 34.7 Å². The van der Waals surface area contributed by atoms with Crippen molar-refractivity contribution in [1.82, 2.24) is 0 Å². The second-order valence-corrected chi connectivity index (χ2v) is 2.75. The van der Waals surface area contributed by atoms with Crippen LogP contribution in [-0.2, 0) is 0 Å². The molecule has 60 valence electrons. The Morgan fingerprint density at radius 3 is 2.27 bits per heavy atom. The van der Waals surface area contributed by atoms with Gasteiger partial charge in [0.2, 0.25) is 0 Å². The zero-order chi connectivity index (χ0) is 8.59. The maximum Gasteiger partial charge on any atom is 0.146 e. The van der Waals surface area contributed by atoms with Crippen LogP contribution in [0.3, 0.4) is 0 Å². The van der Waals surface area contributed by atoms with Gasteiger partial charge in [-0.1, -0.05) is 23.2 Å². The van der Waals surface area contributed by atoms with Crippen LogP contribution in [0.2, 0.25) is 10.0 Å². The number of halogens is 3. The van der Waals surface area contributed by atoms with Gasteiger partial charge in [0.05, 0.1) is 16.4 Å². The van der Waals surface area contributed by atoms with Crippen LogP contribution in [0.5, 0.6) is 0 Å². The molecule has 0 aromatic heterocycles. The van der Waals surface area contributed by atoms with E-state index in [0.717, 1.165) is 6.07 Å². The van der Waals surface area contributed by atoms with Crippen LogP contribution in [0.1, 0.15) is 0 Å². The lowest BCUT2D eigenvalue weighted by Gasteiger charge is -2.04. The predicted octanol–water partition coefficient (Wildman–Crippen LogP) is 2.30. The summed E-state index contributed by atoms with van der Waals surface area (Å²) in [5.41, 5.74) is 10.6. The van der Waals surface area contributed by atoms with Crippen molar-refractivity contribution in [1.29, 1.82) is 0 Å². The molecule has 0 bridgehead atoms. The molecule has 0 heterocycles. The maximum absolute atomic E-state index is 12.7. The van der Waals surface area contributed by atoms with Gasteiger partial charge < -0.3 is 11.5 Å². The van der Waals surface area contributed by atoms with Gasteiger partial charge in [-0.05, 0) is 6.07 Å². The lowest BCUT2D eigenvalue weighted by atomic mass is 10.3. The van der Waals surface area contributed by atoms with E-state index in [-0.39, 0.29) is 21.4 Å². The molecule has 0 fully saturated rings. The normalized spacial score (nSPS) is 10.1. The Labute approximate surface area is 72.9 Å². The molecule has 0 aliphatic heterocycles. The minimum atomic E-state index is -0.661. The summed E-state index contributed by atoms with van der Waals surface area (Å²) in [6.45, 7) is 0. The van der Waals surface area contributed by atoms with Crippen molar-refractivity contribution < 1.29 is 4.39 Å². The zero-order valence-corrected chi connectivity index (χ0v) is 6.88. The van der Waals surface area contributed by atoms with Crippen molar-refractivity contribution in [2.45, 2.75) is 0 Å². The van der Waals surface area contributed by atoms with Gasteiger partial charge in [-0.3, -0.25) is 0 Å². The molecular formula is C6H5Cl2FN2. The first kappa shape index (κ1) is 8.43. The Balaban J connectivity index is 3.46. The summed E-state index contributed by atoms with van der Waals surface area (Å²) < 4.78 is 12.7. The van der Waals surface area contributed by atoms with E-state index in [0.29, 0.717) is 0 Å². The third-order valence-electron chi connectivity index (χ3n) is 1.22. The van der Waals surface area contributed by atoms with Crippen LogP contribution >= 0.6 is 23.2 Å². The summed E-state index contributed by atoms with van der Waals surface area (Å²) in [6, 6.07) is 1.03. The van der Waals surface area contributed by atoms with Crippen molar-refractivity contribution in [3.05, 3.63) is 21.9 Å². The Morgan fingerprint density at radius 2 is 1.73 bits per heavy atom. The Hall–Kier alpha value is -0.670. The molecule has 1 aromatic rings. The second-order valence-electron chi connectivity index (χ2n) is 1.99. The van der Waals surface area contributed by atoms with Crippen LogP contribution in [0.15, 0.2) is 6.07 Å². The first-order valence-corrected chi connectivity index (χ1v) is 3.48. The Morgan fingerprint density at radius 1 is 1.18 bits per heavy atom. The molecule has 4 N–H and O–H groups in total. The van der Waals surface area contributed by atoms with Gasteiger partial charge in [-0.2, -0.15) is 0 Å². The van der Waals surface area contributed by atoms with E-state index in [1.165, 1.54) is 0 Å². The highest BCUT2D eigenvalue weighted by Gasteiger charge is 2.10. The lowest BCUT2D eigenvalue weighted by Crippen LogP contribution is -1.96. The Bertz CT molecular complexity index is 275. The fourth-order valence-electron chi connectivity index (χ4n) is 0.644. The Kier molecular flexibility index (Phi) is 2.11. The molecule has 1 aromatic carbocycles. The lowest BCUT2D eigenvalue weighted by molar-refractivity contribution is 0.629. The van der Waals surface area contributed by atoms with Crippen molar-refractivity contribution in [3.63, 3.8) is 0 Å². The van der Waals surface area contributed by atoms with Gasteiger partial charge in [0.15, 0.2) is 0 Å². The average Bonchev–Trinajstić information content (AvgIpc) is 1.97. The third kappa shape index (κ3) is 1.34. The van der Waals surface area contributed by atoms with Crippen LogP contribution in [0.4, 0.5) is 15.8 Å². The summed E-state index contributed by atoms with van der Waals surface area (Å²) in [7, 11) is 0. The summed E-state index contributed by atoms with van der Waals surface area (Å²) in [6.07, 6.45) is 0. The number of anilines is 2. The molecule has 0 radical (unpaired) electrons. The molecule has 2 nitrogen and oxygen atoms in total. The molecule has 0 aliphatic rings. The standard InChI is InChI=1S/C6H5Cl2FN2/c7-4-2(9)1-3(10)5(8)6(4)11/h1H,10-11H2. The first-order chi connectivity index (χ1) is 5.04. The molecule has 0 spiro atoms. The van der Waals surface area contributed by atoms with Gasteiger partial charge in [0.25, 0.3) is 0 Å². The molecule has 1 rings (SSSR count). The number of hydrogen-bond acceptors (Lipinski definition) is 2. The largest absolute Gasteiger partial charge is 0.397 e. The highest BCUT2D eigenvalue weighted by atomic mass is 35.5. The van der Waals surface area contributed by atoms with Crippen molar-refractivity contribution in [2.24, 2.45) is 0 Å². The molecule has 0 saturated carbocycles. The fraction of sp³-hybridized carbons (Fsp3) is 0. The fourth-order valence-corrected chi connectivity index (χ4v) is 0.990. The number of benzene rings is 1. The SMILES string of the molecule is Nc1cc(F)c(Cl)c(N)c1Cl. The van der Waals surface area contributed by atoms with E-state index >= 15 is 0 Å². The quantitative estimate of drug-likeness (QED) is 0.492. The van der Waals surface area contributed by atoms with E-state index in [1.54, 1.807) is 0 Å². The molecule has 0 saturated heterocycles. The topological polar surface area (TPSA) is 52.0 Å². The zero-order valence-electron chi connectivity index (χ0n) is 5.37. The third-order valence-corrected chi connectivity index (χ3v) is 2.02. The van der Waals surface area contributed by atoms with E-state index in [9.17, 15) is 4.39 Å². The molecule has 0 amide bonds. The van der Waals surface area contributed by atoms with E-state index < -0.39 is 5.82 Å². The monoisotopic (exact) mass is 194 g/mol. The van der Waals surface area contributed by atoms with Gasteiger partial charge in [0, 0.05) is 0 Å². The van der Waals surface area contributed by atoms with Gasteiger partial charge >= 0.3 is 0 Å². The van der Waals surface area contributed by atoms with Gasteiger partial charge in [-0.25, -0.2) is 4.39 Å². The van der Waals surface area contributed by atoms with Crippen LogP contribution in [0, 0.1) is 5.82 Å². The van der Waals surface area contributed by atoms with Gasteiger partial charge in [0.1, 0.15) is 10.8 Å². The van der Waals surface area contributed by atoms with Gasteiger partial charge in [-0.15, -0.1) is 0 Å². The minimum Gasteiger partial charge on any atom is -0.397 e. The molecule has 11 heavy (non-hydrogen) atoms. The van der Waals surface area contributed by atoms with Crippen LogP contribution < -0.4 is 11.5 Å². The van der Waals surface area contributed by atoms with Crippen molar-refractivity contribution in [3.8, 4) is 0 Å². The minimum absolute atomic E-state index is 0.0224. The summed E-state index contributed by atoms with van der Waals surface area (Å²) in [4.78, 5) is 0. The van der Waals surface area contributed by atoms with Crippen LogP contribution in [0.25, 0.3) is 0 Å². The number of nitrogen functional groups attached to an aromatic ring is 2.